The summed E-state index contributed by atoms with van der Waals surface area (Å²) in [5.41, 5.74) is 0.657. The Kier molecular flexibility index (Phi) is 5.17. The number of methoxy groups -OCH3 is 2. The van der Waals surface area contributed by atoms with E-state index < -0.39 is 5.97 Å². The van der Waals surface area contributed by atoms with Crippen molar-refractivity contribution in [2.75, 3.05) is 27.8 Å². The van der Waals surface area contributed by atoms with Crippen molar-refractivity contribution in [2.45, 2.75) is 6.42 Å². The molecular formula is C13H17NO5. The molecule has 0 aliphatic heterocycles. The standard InChI is InChI=1S/C13H17NO5/c1-14(8-12(16)17)11(15)7-9-5-4-6-10(18-2)13(9)19-3/h4-6H,7-8H2,1-3H3,(H,16,17). The van der Waals surface area contributed by atoms with Crippen LogP contribution in [-0.2, 0) is 16.0 Å². The molecule has 6 heteroatoms. The van der Waals surface area contributed by atoms with Crippen LogP contribution in [-0.4, -0.2) is 49.7 Å². The maximum absolute atomic E-state index is 11.9. The van der Waals surface area contributed by atoms with Crippen LogP contribution >= 0.6 is 0 Å². The molecule has 104 valence electrons. The van der Waals surface area contributed by atoms with Crippen LogP contribution in [0.3, 0.4) is 0 Å². The van der Waals surface area contributed by atoms with E-state index in [1.54, 1.807) is 18.2 Å². The van der Waals surface area contributed by atoms with Crippen LogP contribution in [0.4, 0.5) is 0 Å². The topological polar surface area (TPSA) is 76.1 Å². The lowest BCUT2D eigenvalue weighted by Gasteiger charge is -2.16. The summed E-state index contributed by atoms with van der Waals surface area (Å²) in [6, 6.07) is 5.22. The van der Waals surface area contributed by atoms with Crippen LogP contribution in [0.1, 0.15) is 5.56 Å². The van der Waals surface area contributed by atoms with Gasteiger partial charge >= 0.3 is 5.97 Å². The number of ether oxygens (including phenoxy) is 2. The summed E-state index contributed by atoms with van der Waals surface area (Å²) in [5.74, 6) is -0.321. The maximum Gasteiger partial charge on any atom is 0.323 e. The summed E-state index contributed by atoms with van der Waals surface area (Å²) in [4.78, 5) is 23.6. The monoisotopic (exact) mass is 267 g/mol. The smallest absolute Gasteiger partial charge is 0.323 e. The summed E-state index contributed by atoms with van der Waals surface area (Å²) in [6.45, 7) is -0.328. The van der Waals surface area contributed by atoms with E-state index in [9.17, 15) is 9.59 Å². The Balaban J connectivity index is 2.87. The largest absolute Gasteiger partial charge is 0.493 e. The Morgan fingerprint density at radius 1 is 1.26 bits per heavy atom. The lowest BCUT2D eigenvalue weighted by atomic mass is 10.1. The zero-order valence-corrected chi connectivity index (χ0v) is 11.2. The second-order valence-electron chi connectivity index (χ2n) is 3.97. The van der Waals surface area contributed by atoms with Crippen molar-refractivity contribution in [3.63, 3.8) is 0 Å². The van der Waals surface area contributed by atoms with Crippen molar-refractivity contribution >= 4 is 11.9 Å². The molecule has 0 saturated carbocycles. The average Bonchev–Trinajstić information content (AvgIpc) is 2.37. The SMILES string of the molecule is COc1cccc(CC(=O)N(C)CC(=O)O)c1OC. The highest BCUT2D eigenvalue weighted by Gasteiger charge is 2.17. The minimum atomic E-state index is -1.05. The van der Waals surface area contributed by atoms with Crippen molar-refractivity contribution in [3.8, 4) is 11.5 Å². The number of carboxylic acids is 1. The fourth-order valence-electron chi connectivity index (χ4n) is 1.68. The molecule has 1 amide bonds. The molecule has 1 N–H and O–H groups in total. The Labute approximate surface area is 111 Å². The highest BCUT2D eigenvalue weighted by molar-refractivity contribution is 5.83. The first-order valence-corrected chi connectivity index (χ1v) is 5.65. The molecule has 1 aromatic rings. The number of carbonyl (C=O) groups excluding carboxylic acids is 1. The van der Waals surface area contributed by atoms with Gasteiger partial charge in [0.2, 0.25) is 5.91 Å². The van der Waals surface area contributed by atoms with E-state index in [4.69, 9.17) is 14.6 Å². The first kappa shape index (κ1) is 14.8. The first-order chi connectivity index (χ1) is 8.99. The molecule has 19 heavy (non-hydrogen) atoms. The van der Waals surface area contributed by atoms with Gasteiger partial charge in [0.1, 0.15) is 6.54 Å². The van der Waals surface area contributed by atoms with Gasteiger partial charge in [0.15, 0.2) is 11.5 Å². The van der Waals surface area contributed by atoms with Crippen molar-refractivity contribution < 1.29 is 24.2 Å². The van der Waals surface area contributed by atoms with Crippen LogP contribution in [0.5, 0.6) is 11.5 Å². The van der Waals surface area contributed by atoms with Crippen LogP contribution in [0.2, 0.25) is 0 Å². The summed E-state index contributed by atoms with van der Waals surface area (Å²) < 4.78 is 10.4. The van der Waals surface area contributed by atoms with E-state index in [1.807, 2.05) is 0 Å². The fraction of sp³-hybridized carbons (Fsp3) is 0.385. The van der Waals surface area contributed by atoms with Gasteiger partial charge in [0.05, 0.1) is 20.6 Å². The molecule has 0 aliphatic carbocycles. The van der Waals surface area contributed by atoms with E-state index in [0.717, 1.165) is 4.90 Å². The number of rotatable bonds is 6. The third-order valence-electron chi connectivity index (χ3n) is 2.62. The van der Waals surface area contributed by atoms with E-state index in [-0.39, 0.29) is 18.9 Å². The zero-order chi connectivity index (χ0) is 14.4. The molecular weight excluding hydrogens is 250 g/mol. The molecule has 0 atom stereocenters. The van der Waals surface area contributed by atoms with Crippen molar-refractivity contribution in [1.82, 2.24) is 4.90 Å². The molecule has 0 heterocycles. The number of likely N-dealkylation sites (N-methyl/N-ethyl adjacent to an activating group) is 1. The molecule has 0 unspecified atom stereocenters. The second-order valence-corrected chi connectivity index (χ2v) is 3.97. The molecule has 0 aliphatic rings. The average molecular weight is 267 g/mol. The number of benzene rings is 1. The van der Waals surface area contributed by atoms with Crippen LogP contribution in [0.25, 0.3) is 0 Å². The third-order valence-corrected chi connectivity index (χ3v) is 2.62. The summed E-state index contributed by atoms with van der Waals surface area (Å²) in [5, 5.41) is 8.64. The van der Waals surface area contributed by atoms with Crippen LogP contribution in [0.15, 0.2) is 18.2 Å². The van der Waals surface area contributed by atoms with Crippen molar-refractivity contribution in [2.24, 2.45) is 0 Å². The van der Waals surface area contributed by atoms with Gasteiger partial charge in [-0.2, -0.15) is 0 Å². The summed E-state index contributed by atoms with van der Waals surface area (Å²) in [7, 11) is 4.45. The molecule has 0 fully saturated rings. The molecule has 0 aromatic heterocycles. The fourth-order valence-corrected chi connectivity index (χ4v) is 1.68. The normalized spacial score (nSPS) is 9.84. The first-order valence-electron chi connectivity index (χ1n) is 5.65. The highest BCUT2D eigenvalue weighted by atomic mass is 16.5. The number of hydrogen-bond donors (Lipinski definition) is 1. The number of nitrogens with zero attached hydrogens (tertiary/aromatic N) is 1. The van der Waals surface area contributed by atoms with E-state index in [0.29, 0.717) is 17.1 Å². The van der Waals surface area contributed by atoms with Crippen molar-refractivity contribution in [3.05, 3.63) is 23.8 Å². The second kappa shape index (κ2) is 6.63. The predicted molar refractivity (Wildman–Crippen MR) is 68.5 cm³/mol. The Morgan fingerprint density at radius 2 is 1.95 bits per heavy atom. The van der Waals surface area contributed by atoms with E-state index in [1.165, 1.54) is 21.3 Å². The molecule has 0 saturated heterocycles. The molecule has 6 nitrogen and oxygen atoms in total. The van der Waals surface area contributed by atoms with Gasteiger partial charge in [0, 0.05) is 12.6 Å². The lowest BCUT2D eigenvalue weighted by Crippen LogP contribution is -2.33. The molecule has 1 aromatic carbocycles. The minimum Gasteiger partial charge on any atom is -0.493 e. The van der Waals surface area contributed by atoms with Gasteiger partial charge in [-0.25, -0.2) is 0 Å². The number of amides is 1. The quantitative estimate of drug-likeness (QED) is 0.824. The minimum absolute atomic E-state index is 0.0597. The van der Waals surface area contributed by atoms with Crippen LogP contribution < -0.4 is 9.47 Å². The number of hydrogen-bond acceptors (Lipinski definition) is 4. The van der Waals surface area contributed by atoms with E-state index in [2.05, 4.69) is 0 Å². The van der Waals surface area contributed by atoms with Gasteiger partial charge < -0.3 is 19.5 Å². The Morgan fingerprint density at radius 3 is 2.47 bits per heavy atom. The third kappa shape index (κ3) is 3.87. The number of aliphatic carboxylic acids is 1. The van der Waals surface area contributed by atoms with Gasteiger partial charge in [-0.1, -0.05) is 12.1 Å². The number of carboxylic acid groups (broad SMARTS) is 1. The lowest BCUT2D eigenvalue weighted by molar-refractivity contribution is -0.143. The maximum atomic E-state index is 11.9. The van der Waals surface area contributed by atoms with Gasteiger partial charge in [-0.15, -0.1) is 0 Å². The van der Waals surface area contributed by atoms with Gasteiger partial charge in [-0.05, 0) is 6.07 Å². The zero-order valence-electron chi connectivity index (χ0n) is 11.2. The van der Waals surface area contributed by atoms with Gasteiger partial charge in [0.25, 0.3) is 0 Å². The summed E-state index contributed by atoms with van der Waals surface area (Å²) >= 11 is 0. The Hall–Kier alpha value is -2.24. The molecule has 0 spiro atoms. The van der Waals surface area contributed by atoms with E-state index >= 15 is 0 Å². The summed E-state index contributed by atoms with van der Waals surface area (Å²) in [6.07, 6.45) is 0.0597. The Bertz CT molecular complexity index is 472. The number of carbonyl (C=O) groups is 2. The van der Waals surface area contributed by atoms with Crippen LogP contribution in [0, 0.1) is 0 Å². The molecule has 0 bridgehead atoms. The van der Waals surface area contributed by atoms with Crippen molar-refractivity contribution in [1.29, 1.82) is 0 Å². The molecule has 1 rings (SSSR count). The molecule has 0 radical (unpaired) electrons. The van der Waals surface area contributed by atoms with Gasteiger partial charge in [-0.3, -0.25) is 9.59 Å². The predicted octanol–water partition coefficient (Wildman–Crippen LogP) is 0.789. The highest BCUT2D eigenvalue weighted by Crippen LogP contribution is 2.31. The number of para-hydroxylation sites is 1.